The molecule has 184 valence electrons. The molecule has 4 N–H and O–H groups in total. The summed E-state index contributed by atoms with van der Waals surface area (Å²) in [6.45, 7) is 1.88. The van der Waals surface area contributed by atoms with E-state index >= 15 is 0 Å². The van der Waals surface area contributed by atoms with E-state index in [1.807, 2.05) is 29.5 Å². The number of halogens is 4. The number of aliphatic hydroxyl groups excluding tert-OH is 1. The van der Waals surface area contributed by atoms with Crippen molar-refractivity contribution >= 4 is 39.9 Å². The van der Waals surface area contributed by atoms with E-state index in [9.17, 15) is 28.2 Å². The number of nitrogens with zero attached hydrogens (tertiary/aromatic N) is 1. The van der Waals surface area contributed by atoms with Gasteiger partial charge in [0.05, 0.1) is 36.1 Å². The van der Waals surface area contributed by atoms with E-state index in [1.165, 1.54) is 17.0 Å². The third kappa shape index (κ3) is 5.19. The zero-order valence-corrected chi connectivity index (χ0v) is 20.8. The molecule has 1 aliphatic carbocycles. The maximum Gasteiger partial charge on any atom is 0.256 e. The molecule has 1 unspecified atom stereocenters. The number of anilines is 2. The normalized spacial score (nSPS) is 22.7. The van der Waals surface area contributed by atoms with Gasteiger partial charge in [-0.25, -0.2) is 13.2 Å². The van der Waals surface area contributed by atoms with Crippen LogP contribution in [0.3, 0.4) is 0 Å². The molecule has 1 amide bonds. The number of rotatable bonds is 6. The molecule has 6 nitrogen and oxygen atoms in total. The Morgan fingerprint density at radius 3 is 2.44 bits per heavy atom. The molecule has 0 radical (unpaired) electrons. The van der Waals surface area contributed by atoms with Crippen LogP contribution in [0.1, 0.15) is 43.0 Å². The Kier molecular flexibility index (Phi) is 7.41. The number of carbonyl (C=O) groups excluding carboxylic acids is 1. The van der Waals surface area contributed by atoms with Crippen LogP contribution in [0.5, 0.6) is 0 Å². The number of hydrogen-bond acceptors (Lipinski definition) is 5. The lowest BCUT2D eigenvalue weighted by atomic mass is 9.84. The molecule has 0 spiro atoms. The van der Waals surface area contributed by atoms with Crippen LogP contribution in [0, 0.1) is 21.0 Å². The van der Waals surface area contributed by atoms with Gasteiger partial charge in [0.1, 0.15) is 11.4 Å². The zero-order valence-electron chi connectivity index (χ0n) is 18.6. The first kappa shape index (κ1) is 25.2. The van der Waals surface area contributed by atoms with Crippen LogP contribution in [0.15, 0.2) is 30.3 Å². The molecular weight excluding hydrogens is 562 g/mol. The Morgan fingerprint density at radius 1 is 1.12 bits per heavy atom. The number of hydrogen-bond donors (Lipinski definition) is 4. The predicted octanol–water partition coefficient (Wildman–Crippen LogP) is 3.92. The summed E-state index contributed by atoms with van der Waals surface area (Å²) in [7, 11) is 0. The van der Waals surface area contributed by atoms with Crippen LogP contribution in [-0.2, 0) is 0 Å². The highest BCUT2D eigenvalue weighted by molar-refractivity contribution is 14.1. The van der Waals surface area contributed by atoms with Gasteiger partial charge < -0.3 is 25.7 Å². The van der Waals surface area contributed by atoms with Gasteiger partial charge in [-0.05, 0) is 85.5 Å². The van der Waals surface area contributed by atoms with Crippen LogP contribution < -0.4 is 10.6 Å². The van der Waals surface area contributed by atoms with Gasteiger partial charge in [0, 0.05) is 15.7 Å². The Balaban J connectivity index is 1.47. The van der Waals surface area contributed by atoms with Crippen LogP contribution in [0.2, 0.25) is 0 Å². The minimum absolute atomic E-state index is 0.0195. The Labute approximate surface area is 209 Å². The lowest BCUT2D eigenvalue weighted by molar-refractivity contribution is -0.103. The topological polar surface area (TPSA) is 84.8 Å². The summed E-state index contributed by atoms with van der Waals surface area (Å²) in [5.74, 6) is -3.71. The molecule has 0 bridgehead atoms. The molecule has 1 heterocycles. The second-order valence-corrected chi connectivity index (χ2v) is 10.4. The molecule has 0 aromatic heterocycles. The summed E-state index contributed by atoms with van der Waals surface area (Å²) in [4.78, 5) is 14.5. The third-order valence-corrected chi connectivity index (χ3v) is 7.39. The van der Waals surface area contributed by atoms with Crippen molar-refractivity contribution < 1.29 is 28.2 Å². The molecule has 10 heteroatoms. The second-order valence-electron chi connectivity index (χ2n) is 9.19. The number of aliphatic hydroxyl groups is 2. The molecule has 4 rings (SSSR count). The molecule has 34 heavy (non-hydrogen) atoms. The van der Waals surface area contributed by atoms with E-state index in [0.29, 0.717) is 16.4 Å². The summed E-state index contributed by atoms with van der Waals surface area (Å²) in [5, 5.41) is 26.6. The average molecular weight is 589 g/mol. The number of likely N-dealkylation sites (tertiary alicyclic amines) is 1. The van der Waals surface area contributed by atoms with Crippen molar-refractivity contribution in [2.45, 2.75) is 56.4 Å². The monoisotopic (exact) mass is 589 g/mol. The highest BCUT2D eigenvalue weighted by Gasteiger charge is 2.48. The molecule has 1 saturated heterocycles. The fourth-order valence-corrected chi connectivity index (χ4v) is 4.98. The smallest absolute Gasteiger partial charge is 0.256 e. The Bertz CT molecular complexity index is 1070. The average Bonchev–Trinajstić information content (AvgIpc) is 2.77. The molecule has 1 saturated carbocycles. The Morgan fingerprint density at radius 2 is 1.79 bits per heavy atom. The van der Waals surface area contributed by atoms with Crippen molar-refractivity contribution in [1.29, 1.82) is 0 Å². The maximum atomic E-state index is 14.7. The number of nitrogens with one attached hydrogen (secondary N) is 2. The molecule has 2 fully saturated rings. The summed E-state index contributed by atoms with van der Waals surface area (Å²) in [5.41, 5.74) is -1.86. The van der Waals surface area contributed by atoms with Gasteiger partial charge in [-0.2, -0.15) is 0 Å². The summed E-state index contributed by atoms with van der Waals surface area (Å²) >= 11 is 1.93. The first-order valence-electron chi connectivity index (χ1n) is 11.2. The van der Waals surface area contributed by atoms with Crippen molar-refractivity contribution in [3.8, 4) is 0 Å². The van der Waals surface area contributed by atoms with Crippen molar-refractivity contribution in [1.82, 2.24) is 10.2 Å². The number of amides is 1. The highest BCUT2D eigenvalue weighted by Crippen LogP contribution is 2.33. The second kappa shape index (κ2) is 10.00. The number of benzene rings is 2. The first-order valence-corrected chi connectivity index (χ1v) is 12.3. The fraction of sp³-hybridized carbons (Fsp3) is 0.458. The molecule has 2 aromatic rings. The van der Waals surface area contributed by atoms with E-state index in [4.69, 9.17) is 0 Å². The standard InChI is InChI=1S/C24H27F3IN3O3/c1-13(29-15-3-5-16(32)6-4-15)24(34)11-31(12-24)23(33)17-7-8-18(25)21(27)22(17)30-20-9-2-14(28)10-19(20)26/h2,7-10,13,15-16,29-30,32,34H,3-6,11-12H2,1H3. The van der Waals surface area contributed by atoms with Crippen LogP contribution >= 0.6 is 22.6 Å². The summed E-state index contributed by atoms with van der Waals surface area (Å²) in [6.07, 6.45) is 2.76. The minimum Gasteiger partial charge on any atom is -0.393 e. The SMILES string of the molecule is CC(NC1CCC(O)CC1)C1(O)CN(C(=O)c2ccc(F)c(F)c2Nc2ccc(I)cc2F)C1. The molecular formula is C24H27F3IN3O3. The Hall–Kier alpha value is -1.89. The van der Waals surface area contributed by atoms with Gasteiger partial charge >= 0.3 is 0 Å². The lowest BCUT2D eigenvalue weighted by Gasteiger charge is -2.50. The van der Waals surface area contributed by atoms with Gasteiger partial charge in [0.25, 0.3) is 5.91 Å². The van der Waals surface area contributed by atoms with Crippen LogP contribution in [-0.4, -0.2) is 57.9 Å². The summed E-state index contributed by atoms with van der Waals surface area (Å²) in [6, 6.07) is 6.10. The largest absolute Gasteiger partial charge is 0.393 e. The maximum absolute atomic E-state index is 14.7. The van der Waals surface area contributed by atoms with Crippen molar-refractivity contribution in [2.24, 2.45) is 0 Å². The number of β-amino-alcohol motifs (C(OH)–C–C–N with tert-alkyl or cyclic N) is 1. The molecule has 1 atom stereocenters. The van der Waals surface area contributed by atoms with E-state index in [0.717, 1.165) is 25.0 Å². The predicted molar refractivity (Wildman–Crippen MR) is 130 cm³/mol. The van der Waals surface area contributed by atoms with E-state index in [1.54, 1.807) is 6.07 Å². The van der Waals surface area contributed by atoms with Crippen molar-refractivity contribution in [3.05, 3.63) is 56.9 Å². The quantitative estimate of drug-likeness (QED) is 0.384. The zero-order chi connectivity index (χ0) is 24.6. The van der Waals surface area contributed by atoms with Crippen molar-refractivity contribution in [3.63, 3.8) is 0 Å². The van der Waals surface area contributed by atoms with Crippen LogP contribution in [0.25, 0.3) is 0 Å². The lowest BCUT2D eigenvalue weighted by Crippen LogP contribution is -2.71. The van der Waals surface area contributed by atoms with Gasteiger partial charge in [0.15, 0.2) is 11.6 Å². The van der Waals surface area contributed by atoms with E-state index in [-0.39, 0.29) is 42.5 Å². The first-order chi connectivity index (χ1) is 16.1. The van der Waals surface area contributed by atoms with Crippen LogP contribution in [0.4, 0.5) is 24.5 Å². The highest BCUT2D eigenvalue weighted by atomic mass is 127. The number of carbonyl (C=O) groups is 1. The summed E-state index contributed by atoms with van der Waals surface area (Å²) < 4.78 is 43.6. The van der Waals surface area contributed by atoms with Crippen molar-refractivity contribution in [2.75, 3.05) is 18.4 Å². The molecule has 1 aliphatic heterocycles. The third-order valence-electron chi connectivity index (χ3n) is 6.72. The molecule has 2 aromatic carbocycles. The van der Waals surface area contributed by atoms with Gasteiger partial charge in [0.2, 0.25) is 0 Å². The van der Waals surface area contributed by atoms with Gasteiger partial charge in [-0.15, -0.1) is 0 Å². The minimum atomic E-state index is -1.28. The van der Waals surface area contributed by atoms with Gasteiger partial charge in [-0.1, -0.05) is 0 Å². The molecule has 2 aliphatic rings. The van der Waals surface area contributed by atoms with Gasteiger partial charge in [-0.3, -0.25) is 4.79 Å². The van der Waals surface area contributed by atoms with E-state index < -0.39 is 34.6 Å². The van der Waals surface area contributed by atoms with E-state index in [2.05, 4.69) is 10.6 Å². The fourth-order valence-electron chi connectivity index (χ4n) is 4.53.